The Hall–Kier alpha value is -1.37. The first kappa shape index (κ1) is 13.6. The summed E-state index contributed by atoms with van der Waals surface area (Å²) in [7, 11) is 0. The molecule has 0 spiro atoms. The molecule has 1 fully saturated rings. The third-order valence-corrected chi connectivity index (χ3v) is 4.89. The highest BCUT2D eigenvalue weighted by Gasteiger charge is 2.34. The molecule has 1 atom stereocenters. The van der Waals surface area contributed by atoms with Gasteiger partial charge in [-0.2, -0.15) is 24.9 Å². The minimum absolute atomic E-state index is 0.0301. The Bertz CT molecular complexity index is 683. The number of aromatic amines is 1. The molecule has 1 aromatic carbocycles. The number of fused-ring (bicyclic) bond motifs is 1. The maximum absolute atomic E-state index is 13.1. The van der Waals surface area contributed by atoms with Gasteiger partial charge in [0.2, 0.25) is 0 Å². The van der Waals surface area contributed by atoms with Crippen LogP contribution < -0.4 is 5.69 Å². The van der Waals surface area contributed by atoms with Gasteiger partial charge >= 0.3 is 11.9 Å². The van der Waals surface area contributed by atoms with Crippen molar-refractivity contribution >= 4 is 22.8 Å². The quantitative estimate of drug-likeness (QED) is 0.925. The van der Waals surface area contributed by atoms with E-state index in [0.717, 1.165) is 24.7 Å². The standard InChI is InChI=1S/C13H13F3N2OS/c14-13(15,16)9-4-1-5-10-11(9)18(12(19)17-10)7-8-3-2-6-20-8/h1,4-5,8H,2-3,6-7H2,(H,17,19). The van der Waals surface area contributed by atoms with E-state index in [4.69, 9.17) is 0 Å². The number of H-pyrrole nitrogens is 1. The summed E-state index contributed by atoms with van der Waals surface area (Å²) in [5.41, 5.74) is -1.01. The Morgan fingerprint density at radius 1 is 1.40 bits per heavy atom. The van der Waals surface area contributed by atoms with Crippen molar-refractivity contribution in [3.63, 3.8) is 0 Å². The van der Waals surface area contributed by atoms with E-state index in [-0.39, 0.29) is 16.3 Å². The fraction of sp³-hybridized carbons (Fsp3) is 0.462. The van der Waals surface area contributed by atoms with Crippen LogP contribution in [0, 0.1) is 0 Å². The molecule has 2 aromatic rings. The molecule has 1 N–H and O–H groups in total. The molecule has 1 saturated heterocycles. The number of alkyl halides is 3. The van der Waals surface area contributed by atoms with Crippen LogP contribution in [0.5, 0.6) is 0 Å². The molecule has 0 radical (unpaired) electrons. The number of hydrogen-bond donors (Lipinski definition) is 1. The minimum atomic E-state index is -4.46. The van der Waals surface area contributed by atoms with E-state index in [2.05, 4.69) is 4.98 Å². The smallest absolute Gasteiger partial charge is 0.306 e. The van der Waals surface area contributed by atoms with Crippen molar-refractivity contribution in [2.24, 2.45) is 0 Å². The van der Waals surface area contributed by atoms with E-state index in [9.17, 15) is 18.0 Å². The molecule has 0 bridgehead atoms. The van der Waals surface area contributed by atoms with Gasteiger partial charge in [0.15, 0.2) is 0 Å². The van der Waals surface area contributed by atoms with E-state index in [1.807, 2.05) is 0 Å². The minimum Gasteiger partial charge on any atom is -0.306 e. The van der Waals surface area contributed by atoms with Gasteiger partial charge in [-0.05, 0) is 30.7 Å². The van der Waals surface area contributed by atoms with Crippen LogP contribution in [0.3, 0.4) is 0 Å². The summed E-state index contributed by atoms with van der Waals surface area (Å²) in [6, 6.07) is 3.84. The van der Waals surface area contributed by atoms with Crippen LogP contribution in [0.25, 0.3) is 11.0 Å². The predicted octanol–water partition coefficient (Wildman–Crippen LogP) is 3.24. The first-order valence-corrected chi connectivity index (χ1v) is 7.42. The van der Waals surface area contributed by atoms with Crippen molar-refractivity contribution in [1.29, 1.82) is 0 Å². The average Bonchev–Trinajstić information content (AvgIpc) is 2.97. The van der Waals surface area contributed by atoms with Gasteiger partial charge in [0.25, 0.3) is 0 Å². The highest BCUT2D eigenvalue weighted by atomic mass is 32.2. The molecule has 1 aliphatic rings. The fourth-order valence-electron chi connectivity index (χ4n) is 2.61. The third-order valence-electron chi connectivity index (χ3n) is 3.51. The molecule has 0 saturated carbocycles. The summed E-state index contributed by atoms with van der Waals surface area (Å²) in [6.45, 7) is 0.330. The van der Waals surface area contributed by atoms with Crippen molar-refractivity contribution in [3.8, 4) is 0 Å². The zero-order valence-electron chi connectivity index (χ0n) is 10.5. The zero-order valence-corrected chi connectivity index (χ0v) is 11.4. The van der Waals surface area contributed by atoms with Crippen molar-refractivity contribution < 1.29 is 13.2 Å². The number of rotatable bonds is 2. The van der Waals surface area contributed by atoms with Crippen LogP contribution in [-0.2, 0) is 12.7 Å². The van der Waals surface area contributed by atoms with Crippen LogP contribution in [0.15, 0.2) is 23.0 Å². The van der Waals surface area contributed by atoms with Crippen LogP contribution in [0.2, 0.25) is 0 Å². The van der Waals surface area contributed by atoms with Crippen molar-refractivity contribution in [1.82, 2.24) is 9.55 Å². The number of imidazole rings is 1. The van der Waals surface area contributed by atoms with Gasteiger partial charge in [0.05, 0.1) is 16.6 Å². The van der Waals surface area contributed by atoms with Crippen LogP contribution in [0.4, 0.5) is 13.2 Å². The average molecular weight is 302 g/mol. The molecular weight excluding hydrogens is 289 g/mol. The van der Waals surface area contributed by atoms with Gasteiger partial charge in [-0.3, -0.25) is 4.57 Å². The molecule has 0 aliphatic carbocycles. The first-order chi connectivity index (χ1) is 9.47. The van der Waals surface area contributed by atoms with Gasteiger partial charge in [0, 0.05) is 11.8 Å². The van der Waals surface area contributed by atoms with Crippen LogP contribution >= 0.6 is 11.8 Å². The number of halogens is 3. The van der Waals surface area contributed by atoms with Gasteiger partial charge < -0.3 is 4.98 Å². The van der Waals surface area contributed by atoms with Crippen LogP contribution in [0.1, 0.15) is 18.4 Å². The topological polar surface area (TPSA) is 37.8 Å². The van der Waals surface area contributed by atoms with Crippen molar-refractivity contribution in [3.05, 3.63) is 34.2 Å². The lowest BCUT2D eigenvalue weighted by atomic mass is 10.1. The van der Waals surface area contributed by atoms with E-state index in [1.165, 1.54) is 16.7 Å². The molecule has 0 amide bonds. The lowest BCUT2D eigenvalue weighted by Crippen LogP contribution is -2.23. The molecular formula is C13H13F3N2OS. The second-order valence-electron chi connectivity index (χ2n) is 4.88. The number of thioether (sulfide) groups is 1. The van der Waals surface area contributed by atoms with Crippen LogP contribution in [-0.4, -0.2) is 20.6 Å². The number of nitrogens with one attached hydrogen (secondary N) is 1. The number of para-hydroxylation sites is 1. The Morgan fingerprint density at radius 2 is 2.20 bits per heavy atom. The molecule has 3 rings (SSSR count). The maximum atomic E-state index is 13.1. The number of nitrogens with zero attached hydrogens (tertiary/aromatic N) is 1. The normalized spacial score (nSPS) is 19.9. The molecule has 3 nitrogen and oxygen atoms in total. The van der Waals surface area contributed by atoms with Gasteiger partial charge in [0.1, 0.15) is 0 Å². The molecule has 1 unspecified atom stereocenters. The van der Waals surface area contributed by atoms with E-state index in [0.29, 0.717) is 6.54 Å². The summed E-state index contributed by atoms with van der Waals surface area (Å²) in [5, 5.41) is 0.216. The highest BCUT2D eigenvalue weighted by Crippen LogP contribution is 2.35. The molecule has 7 heteroatoms. The second kappa shape index (κ2) is 4.87. The number of benzene rings is 1. The fourth-order valence-corrected chi connectivity index (χ4v) is 3.87. The summed E-state index contributed by atoms with van der Waals surface area (Å²) in [5.74, 6) is 1.01. The lowest BCUT2D eigenvalue weighted by molar-refractivity contribution is -0.136. The Labute approximate surface area is 117 Å². The Morgan fingerprint density at radius 3 is 2.85 bits per heavy atom. The van der Waals surface area contributed by atoms with Gasteiger partial charge in [-0.25, -0.2) is 4.79 Å². The molecule has 1 aromatic heterocycles. The summed E-state index contributed by atoms with van der Waals surface area (Å²) < 4.78 is 40.5. The monoisotopic (exact) mass is 302 g/mol. The second-order valence-corrected chi connectivity index (χ2v) is 6.28. The SMILES string of the molecule is O=c1[nH]c2cccc(C(F)(F)F)c2n1CC1CCCS1. The van der Waals surface area contributed by atoms with Gasteiger partial charge in [-0.15, -0.1) is 0 Å². The van der Waals surface area contributed by atoms with E-state index >= 15 is 0 Å². The largest absolute Gasteiger partial charge is 0.418 e. The van der Waals surface area contributed by atoms with Gasteiger partial charge in [-0.1, -0.05) is 6.07 Å². The molecule has 2 heterocycles. The third kappa shape index (κ3) is 2.34. The Kier molecular flexibility index (Phi) is 3.32. The summed E-state index contributed by atoms with van der Waals surface area (Å²) >= 11 is 1.72. The van der Waals surface area contributed by atoms with E-state index < -0.39 is 17.4 Å². The number of aromatic nitrogens is 2. The van der Waals surface area contributed by atoms with Crippen molar-refractivity contribution in [2.75, 3.05) is 5.75 Å². The summed E-state index contributed by atoms with van der Waals surface area (Å²) in [6.07, 6.45) is -2.46. The lowest BCUT2D eigenvalue weighted by Gasteiger charge is -2.13. The molecule has 20 heavy (non-hydrogen) atoms. The predicted molar refractivity (Wildman–Crippen MR) is 73.0 cm³/mol. The van der Waals surface area contributed by atoms with Crippen molar-refractivity contribution in [2.45, 2.75) is 30.8 Å². The van der Waals surface area contributed by atoms with E-state index in [1.54, 1.807) is 11.8 Å². The number of hydrogen-bond acceptors (Lipinski definition) is 2. The molecule has 1 aliphatic heterocycles. The summed E-state index contributed by atoms with van der Waals surface area (Å²) in [4.78, 5) is 14.4. The Balaban J connectivity index is 2.14. The maximum Gasteiger partial charge on any atom is 0.418 e. The highest BCUT2D eigenvalue weighted by molar-refractivity contribution is 8.00. The molecule has 108 valence electrons. The first-order valence-electron chi connectivity index (χ1n) is 6.37. The zero-order chi connectivity index (χ0) is 14.3.